The van der Waals surface area contributed by atoms with E-state index in [1.54, 1.807) is 50.4 Å². The molecule has 0 fully saturated rings. The molecule has 174 valence electrons. The molecule has 4 aromatic rings. The molecule has 0 saturated carbocycles. The lowest BCUT2D eigenvalue weighted by molar-refractivity contribution is 0.415. The van der Waals surface area contributed by atoms with Crippen molar-refractivity contribution in [3.8, 4) is 5.75 Å². The van der Waals surface area contributed by atoms with Crippen LogP contribution in [0.4, 0.5) is 5.82 Å². The molecule has 12 heteroatoms. The zero-order chi connectivity index (χ0) is 24.3. The van der Waals surface area contributed by atoms with Crippen molar-refractivity contribution in [2.45, 2.75) is 18.7 Å². The largest absolute Gasteiger partial charge is 0.497 e. The average Bonchev–Trinajstić information content (AvgIpc) is 3.20. The Morgan fingerprint density at radius 2 is 1.68 bits per heavy atom. The van der Waals surface area contributed by atoms with Gasteiger partial charge in [0.05, 0.1) is 13.3 Å². The first-order valence-corrected chi connectivity index (χ1v) is 11.5. The van der Waals surface area contributed by atoms with Gasteiger partial charge in [-0.05, 0) is 49.2 Å². The van der Waals surface area contributed by atoms with Gasteiger partial charge in [-0.2, -0.15) is 28.4 Å². The molecule has 0 radical (unpaired) electrons. The zero-order valence-electron chi connectivity index (χ0n) is 18.6. The molecule has 2 heterocycles. The number of H-pyrrole nitrogens is 1. The van der Waals surface area contributed by atoms with E-state index in [2.05, 4.69) is 30.1 Å². The summed E-state index contributed by atoms with van der Waals surface area (Å²) in [7, 11) is -2.87. The Hall–Kier alpha value is -4.32. The standard InChI is InChI=1S/C22H21N7O4S/c1-14-4-6-17(7-5-14)13-24-28-34(31,32)19-20(23-12-16-8-10-18(33-3)11-9-16)25-22-27-26-15(2)29(22)21(19)30/h4-13,28H,1-3H3,(H,25,27)/b23-12?,24-13+. The van der Waals surface area contributed by atoms with Gasteiger partial charge in [-0.1, -0.05) is 29.8 Å². The molecule has 34 heavy (non-hydrogen) atoms. The van der Waals surface area contributed by atoms with E-state index in [9.17, 15) is 13.2 Å². The predicted octanol–water partition coefficient (Wildman–Crippen LogP) is 2.11. The van der Waals surface area contributed by atoms with Gasteiger partial charge in [-0.15, -0.1) is 0 Å². The zero-order valence-corrected chi connectivity index (χ0v) is 19.4. The number of rotatable bonds is 7. The van der Waals surface area contributed by atoms with Crippen molar-refractivity contribution < 1.29 is 13.2 Å². The summed E-state index contributed by atoms with van der Waals surface area (Å²) < 4.78 is 32.4. The highest BCUT2D eigenvalue weighted by atomic mass is 32.2. The van der Waals surface area contributed by atoms with Gasteiger partial charge >= 0.3 is 0 Å². The van der Waals surface area contributed by atoms with E-state index in [0.29, 0.717) is 16.9 Å². The second kappa shape index (κ2) is 9.27. The van der Waals surface area contributed by atoms with Crippen LogP contribution in [0.1, 0.15) is 22.5 Å². The molecular weight excluding hydrogens is 458 g/mol. The van der Waals surface area contributed by atoms with Gasteiger partial charge in [0.1, 0.15) is 11.6 Å². The van der Waals surface area contributed by atoms with Crippen molar-refractivity contribution in [3.63, 3.8) is 0 Å². The first-order valence-electron chi connectivity index (χ1n) is 10.1. The lowest BCUT2D eigenvalue weighted by atomic mass is 10.2. The molecule has 0 bridgehead atoms. The van der Waals surface area contributed by atoms with Gasteiger partial charge in [0.25, 0.3) is 15.6 Å². The molecule has 2 N–H and O–H groups in total. The van der Waals surface area contributed by atoms with Gasteiger partial charge in [0.15, 0.2) is 10.7 Å². The number of hydrazone groups is 1. The number of benzene rings is 2. The number of aryl methyl sites for hydroxylation is 2. The topological polar surface area (TPSA) is 143 Å². The molecule has 0 saturated heterocycles. The van der Waals surface area contributed by atoms with E-state index in [0.717, 1.165) is 9.96 Å². The highest BCUT2D eigenvalue weighted by molar-refractivity contribution is 7.89. The maximum atomic E-state index is 13.1. The molecule has 11 nitrogen and oxygen atoms in total. The van der Waals surface area contributed by atoms with Crippen LogP contribution in [0, 0.1) is 13.8 Å². The number of aromatic amines is 1. The summed E-state index contributed by atoms with van der Waals surface area (Å²) in [6.07, 6.45) is 2.74. The molecular formula is C22H21N7O4S. The highest BCUT2D eigenvalue weighted by Crippen LogP contribution is 2.20. The van der Waals surface area contributed by atoms with Crippen LogP contribution in [0.5, 0.6) is 5.75 Å². The summed E-state index contributed by atoms with van der Waals surface area (Å²) in [4.78, 5) is 23.0. The van der Waals surface area contributed by atoms with E-state index in [-0.39, 0.29) is 17.4 Å². The number of nitrogens with one attached hydrogen (secondary N) is 2. The molecule has 4 rings (SSSR count). The molecule has 0 amide bonds. The first kappa shape index (κ1) is 22.9. The van der Waals surface area contributed by atoms with Crippen LogP contribution in [0.25, 0.3) is 5.78 Å². The van der Waals surface area contributed by atoms with Gasteiger partial charge in [-0.25, -0.2) is 14.5 Å². The van der Waals surface area contributed by atoms with Crippen LogP contribution in [0.15, 0.2) is 68.3 Å². The minimum atomic E-state index is -4.42. The molecule has 2 aromatic carbocycles. The molecule has 0 aliphatic heterocycles. The molecule has 0 aliphatic rings. The Balaban J connectivity index is 1.75. The fraction of sp³-hybridized carbons (Fsp3) is 0.136. The Labute approximate surface area is 194 Å². The summed E-state index contributed by atoms with van der Waals surface area (Å²) >= 11 is 0. The quantitative estimate of drug-likeness (QED) is 0.307. The third-order valence-electron chi connectivity index (χ3n) is 4.85. The van der Waals surface area contributed by atoms with Crippen molar-refractivity contribution in [2.24, 2.45) is 10.1 Å². The third kappa shape index (κ3) is 4.71. The van der Waals surface area contributed by atoms with Crippen LogP contribution in [0.3, 0.4) is 0 Å². The minimum absolute atomic E-state index is 0.0616. The number of nitrogens with zero attached hydrogens (tertiary/aromatic N) is 5. The van der Waals surface area contributed by atoms with Crippen molar-refractivity contribution in [2.75, 3.05) is 7.11 Å². The number of aliphatic imine (C=N–C) groups is 1. The van der Waals surface area contributed by atoms with E-state index >= 15 is 0 Å². The van der Waals surface area contributed by atoms with Crippen LogP contribution < -0.4 is 15.1 Å². The number of aromatic nitrogens is 4. The average molecular weight is 480 g/mol. The van der Waals surface area contributed by atoms with Crippen LogP contribution in [-0.4, -0.2) is 47.5 Å². The maximum absolute atomic E-state index is 13.1. The van der Waals surface area contributed by atoms with E-state index < -0.39 is 20.5 Å². The summed E-state index contributed by atoms with van der Waals surface area (Å²) in [5.41, 5.74) is 1.54. The molecule has 0 spiro atoms. The van der Waals surface area contributed by atoms with Gasteiger partial charge in [-0.3, -0.25) is 4.79 Å². The van der Waals surface area contributed by atoms with Crippen molar-refractivity contribution >= 4 is 34.0 Å². The molecule has 0 aliphatic carbocycles. The van der Waals surface area contributed by atoms with Crippen LogP contribution in [-0.2, 0) is 10.0 Å². The maximum Gasteiger partial charge on any atom is 0.285 e. The van der Waals surface area contributed by atoms with E-state index in [1.165, 1.54) is 12.4 Å². The number of ether oxygens (including phenoxy) is 1. The Kier molecular flexibility index (Phi) is 6.23. The van der Waals surface area contributed by atoms with Gasteiger partial charge in [0.2, 0.25) is 5.78 Å². The van der Waals surface area contributed by atoms with Gasteiger partial charge < -0.3 is 4.74 Å². The fourth-order valence-electron chi connectivity index (χ4n) is 3.07. The Bertz CT molecular complexity index is 1550. The van der Waals surface area contributed by atoms with Crippen LogP contribution >= 0.6 is 0 Å². The number of methoxy groups -OCH3 is 1. The third-order valence-corrected chi connectivity index (χ3v) is 6.09. The summed E-state index contributed by atoms with van der Waals surface area (Å²) in [6.45, 7) is 3.48. The summed E-state index contributed by atoms with van der Waals surface area (Å²) in [5.74, 6) is 0.661. The fourth-order valence-corrected chi connectivity index (χ4v) is 4.01. The second-order valence-corrected chi connectivity index (χ2v) is 8.89. The SMILES string of the molecule is COc1ccc(C=Nc2nc3[nH]nc(C)n3c(=O)c2S(=O)(=O)N/N=C/c2ccc(C)cc2)cc1. The second-order valence-electron chi connectivity index (χ2n) is 7.29. The smallest absolute Gasteiger partial charge is 0.285 e. The first-order chi connectivity index (χ1) is 16.3. The van der Waals surface area contributed by atoms with Crippen molar-refractivity contribution in [3.05, 3.63) is 81.4 Å². The monoisotopic (exact) mass is 479 g/mol. The van der Waals surface area contributed by atoms with E-state index in [1.807, 2.05) is 19.1 Å². The van der Waals surface area contributed by atoms with Crippen LogP contribution in [0.2, 0.25) is 0 Å². The summed E-state index contributed by atoms with van der Waals surface area (Å²) in [6, 6.07) is 14.2. The Morgan fingerprint density at radius 1 is 1.03 bits per heavy atom. The lowest BCUT2D eigenvalue weighted by Crippen LogP contribution is -2.29. The predicted molar refractivity (Wildman–Crippen MR) is 128 cm³/mol. The lowest BCUT2D eigenvalue weighted by Gasteiger charge is -2.06. The molecule has 2 aromatic heterocycles. The van der Waals surface area contributed by atoms with E-state index in [4.69, 9.17) is 4.74 Å². The van der Waals surface area contributed by atoms with Crippen molar-refractivity contribution in [1.29, 1.82) is 0 Å². The number of hydrogen-bond donors (Lipinski definition) is 2. The highest BCUT2D eigenvalue weighted by Gasteiger charge is 2.27. The number of sulfonamides is 1. The molecule has 0 atom stereocenters. The normalized spacial score (nSPS) is 12.1. The number of fused-ring (bicyclic) bond motifs is 1. The molecule has 0 unspecified atom stereocenters. The summed E-state index contributed by atoms with van der Waals surface area (Å²) in [5, 5.41) is 10.3. The van der Waals surface area contributed by atoms with Gasteiger partial charge in [0, 0.05) is 6.21 Å². The number of hydrogen-bond acceptors (Lipinski definition) is 8. The Morgan fingerprint density at radius 3 is 2.35 bits per heavy atom. The van der Waals surface area contributed by atoms with Crippen molar-refractivity contribution in [1.82, 2.24) is 24.4 Å². The minimum Gasteiger partial charge on any atom is -0.497 e.